The fraction of sp³-hybridized carbons (Fsp3) is 0.500. The number of ether oxygens (including phenoxy) is 2. The molecule has 82 valence electrons. The quantitative estimate of drug-likeness (QED) is 0.785. The smallest absolute Gasteiger partial charge is 0.388 e. The van der Waals surface area contributed by atoms with Gasteiger partial charge in [-0.05, 0) is 6.42 Å². The van der Waals surface area contributed by atoms with Gasteiger partial charge in [-0.15, -0.1) is 0 Å². The van der Waals surface area contributed by atoms with E-state index >= 15 is 0 Å². The first-order chi connectivity index (χ1) is 7.19. The van der Waals surface area contributed by atoms with Gasteiger partial charge in [0.15, 0.2) is 5.56 Å². The van der Waals surface area contributed by atoms with Crippen molar-refractivity contribution in [1.82, 2.24) is 4.37 Å². The van der Waals surface area contributed by atoms with Crippen LogP contribution in [0.5, 0.6) is 10.9 Å². The molecule has 0 aliphatic heterocycles. The first-order valence-electron chi connectivity index (χ1n) is 4.16. The van der Waals surface area contributed by atoms with Gasteiger partial charge < -0.3 is 9.47 Å². The highest BCUT2D eigenvalue weighted by molar-refractivity contribution is 7.08. The SMILES string of the molecule is CCCOc1snc(OC(F)F)c1C#N. The van der Waals surface area contributed by atoms with Gasteiger partial charge in [-0.2, -0.15) is 18.4 Å². The van der Waals surface area contributed by atoms with Crippen LogP contribution in [0.25, 0.3) is 0 Å². The van der Waals surface area contributed by atoms with Crippen molar-refractivity contribution in [2.75, 3.05) is 6.61 Å². The van der Waals surface area contributed by atoms with Gasteiger partial charge in [-0.25, -0.2) is 0 Å². The lowest BCUT2D eigenvalue weighted by Crippen LogP contribution is -2.03. The number of nitriles is 1. The zero-order chi connectivity index (χ0) is 11.3. The molecule has 0 aliphatic rings. The van der Waals surface area contributed by atoms with Gasteiger partial charge in [0.25, 0.3) is 5.88 Å². The summed E-state index contributed by atoms with van der Waals surface area (Å²) in [6.07, 6.45) is 0.758. The molecule has 0 atom stereocenters. The van der Waals surface area contributed by atoms with Crippen molar-refractivity contribution in [2.24, 2.45) is 0 Å². The molecule has 0 unspecified atom stereocenters. The minimum atomic E-state index is -2.99. The summed E-state index contributed by atoms with van der Waals surface area (Å²) in [4.78, 5) is 0. The molecular weight excluding hydrogens is 226 g/mol. The van der Waals surface area contributed by atoms with E-state index in [4.69, 9.17) is 10.00 Å². The van der Waals surface area contributed by atoms with Crippen molar-refractivity contribution >= 4 is 11.5 Å². The van der Waals surface area contributed by atoms with E-state index in [-0.39, 0.29) is 16.5 Å². The van der Waals surface area contributed by atoms with Crippen molar-refractivity contribution in [3.8, 4) is 17.0 Å². The molecule has 0 amide bonds. The molecule has 0 aromatic carbocycles. The van der Waals surface area contributed by atoms with Crippen LogP contribution in [0.15, 0.2) is 0 Å². The van der Waals surface area contributed by atoms with Crippen LogP contribution in [0.2, 0.25) is 0 Å². The Bertz CT molecular complexity index is 362. The minimum absolute atomic E-state index is 0.0752. The van der Waals surface area contributed by atoms with Crippen LogP contribution < -0.4 is 9.47 Å². The number of rotatable bonds is 5. The Kier molecular flexibility index (Phi) is 4.24. The Morgan fingerprint density at radius 1 is 1.60 bits per heavy atom. The molecule has 0 N–H and O–H groups in total. The average molecular weight is 234 g/mol. The molecule has 0 fully saturated rings. The molecule has 7 heteroatoms. The van der Waals surface area contributed by atoms with Crippen LogP contribution in [-0.2, 0) is 0 Å². The Morgan fingerprint density at radius 3 is 2.87 bits per heavy atom. The molecule has 0 saturated carbocycles. The van der Waals surface area contributed by atoms with Gasteiger partial charge >= 0.3 is 6.61 Å². The second-order valence-corrected chi connectivity index (χ2v) is 3.22. The number of nitrogens with zero attached hydrogens (tertiary/aromatic N) is 2. The van der Waals surface area contributed by atoms with Crippen molar-refractivity contribution in [2.45, 2.75) is 20.0 Å². The number of alkyl halides is 2. The van der Waals surface area contributed by atoms with Crippen molar-refractivity contribution in [1.29, 1.82) is 5.26 Å². The van der Waals surface area contributed by atoms with E-state index < -0.39 is 6.61 Å². The van der Waals surface area contributed by atoms with Crippen LogP contribution >= 0.6 is 11.5 Å². The molecule has 4 nitrogen and oxygen atoms in total. The summed E-state index contributed by atoms with van der Waals surface area (Å²) in [5, 5.41) is 8.93. The second-order valence-electron chi connectivity index (χ2n) is 2.49. The molecule has 0 aliphatic carbocycles. The Labute approximate surface area is 89.2 Å². The summed E-state index contributed by atoms with van der Waals surface area (Å²) in [7, 11) is 0. The van der Waals surface area contributed by atoms with Gasteiger partial charge in [0.2, 0.25) is 5.06 Å². The predicted octanol–water partition coefficient (Wildman–Crippen LogP) is 2.40. The Balaban J connectivity index is 2.81. The van der Waals surface area contributed by atoms with Crippen molar-refractivity contribution in [3.05, 3.63) is 5.56 Å². The maximum atomic E-state index is 11.9. The van der Waals surface area contributed by atoms with Gasteiger partial charge in [0.1, 0.15) is 6.07 Å². The topological polar surface area (TPSA) is 55.1 Å². The van der Waals surface area contributed by atoms with E-state index in [0.717, 1.165) is 18.0 Å². The van der Waals surface area contributed by atoms with Crippen LogP contribution in [0.1, 0.15) is 18.9 Å². The second kappa shape index (κ2) is 5.46. The fourth-order valence-electron chi connectivity index (χ4n) is 0.813. The first-order valence-corrected chi connectivity index (χ1v) is 4.93. The van der Waals surface area contributed by atoms with Gasteiger partial charge in [-0.1, -0.05) is 6.92 Å². The molecule has 0 saturated heterocycles. The lowest BCUT2D eigenvalue weighted by Gasteiger charge is -2.01. The van der Waals surface area contributed by atoms with Crippen molar-refractivity contribution < 1.29 is 18.3 Å². The highest BCUT2D eigenvalue weighted by Gasteiger charge is 2.19. The lowest BCUT2D eigenvalue weighted by atomic mass is 10.4. The van der Waals surface area contributed by atoms with Crippen molar-refractivity contribution in [3.63, 3.8) is 0 Å². The number of aromatic nitrogens is 1. The third-order valence-corrected chi connectivity index (χ3v) is 2.12. The number of halogens is 2. The predicted molar refractivity (Wildman–Crippen MR) is 49.2 cm³/mol. The molecule has 0 spiro atoms. The molecular formula is C8H8F2N2O2S. The average Bonchev–Trinajstić information content (AvgIpc) is 2.56. The molecule has 15 heavy (non-hydrogen) atoms. The summed E-state index contributed by atoms with van der Waals surface area (Å²) in [5.74, 6) is -0.372. The molecule has 1 heterocycles. The van der Waals surface area contributed by atoms with Gasteiger partial charge in [0, 0.05) is 11.5 Å². The van der Waals surface area contributed by atoms with E-state index in [1.807, 2.05) is 6.92 Å². The highest BCUT2D eigenvalue weighted by Crippen LogP contribution is 2.32. The maximum Gasteiger partial charge on any atom is 0.388 e. The lowest BCUT2D eigenvalue weighted by molar-refractivity contribution is -0.0524. The summed E-state index contributed by atoms with van der Waals surface area (Å²) >= 11 is 0.830. The molecule has 0 bridgehead atoms. The third-order valence-electron chi connectivity index (χ3n) is 1.38. The van der Waals surface area contributed by atoms with E-state index in [1.165, 1.54) is 0 Å². The van der Waals surface area contributed by atoms with Crippen LogP contribution in [0.3, 0.4) is 0 Å². The summed E-state index contributed by atoms with van der Waals surface area (Å²) in [6, 6.07) is 1.72. The maximum absolute atomic E-state index is 11.9. The fourth-order valence-corrected chi connectivity index (χ4v) is 1.47. The summed E-state index contributed by atoms with van der Waals surface area (Å²) in [6.45, 7) is -0.688. The largest absolute Gasteiger partial charge is 0.482 e. The van der Waals surface area contributed by atoms with E-state index in [9.17, 15) is 8.78 Å². The molecule has 1 aromatic heterocycles. The van der Waals surface area contributed by atoms with Gasteiger partial charge in [-0.3, -0.25) is 0 Å². The standard InChI is InChI=1S/C8H8F2N2O2S/c1-2-3-13-7-5(4-11)6(12-15-7)14-8(9)10/h8H,2-3H2,1H3. The summed E-state index contributed by atoms with van der Waals surface area (Å²) in [5.41, 5.74) is -0.0752. The Hall–Kier alpha value is -1.42. The zero-order valence-corrected chi connectivity index (χ0v) is 8.68. The van der Waals surface area contributed by atoms with E-state index in [1.54, 1.807) is 6.07 Å². The number of hydrogen-bond acceptors (Lipinski definition) is 5. The molecule has 1 aromatic rings. The van der Waals surface area contributed by atoms with Crippen LogP contribution in [0.4, 0.5) is 8.78 Å². The van der Waals surface area contributed by atoms with E-state index in [0.29, 0.717) is 6.61 Å². The van der Waals surface area contributed by atoms with Crippen LogP contribution in [0, 0.1) is 11.3 Å². The first kappa shape index (κ1) is 11.7. The minimum Gasteiger partial charge on any atom is -0.482 e. The highest BCUT2D eigenvalue weighted by atomic mass is 32.1. The Morgan fingerprint density at radius 2 is 2.33 bits per heavy atom. The molecule has 0 radical (unpaired) electrons. The summed E-state index contributed by atoms with van der Waals surface area (Å²) < 4.78 is 36.6. The third kappa shape index (κ3) is 3.02. The molecule has 1 rings (SSSR count). The normalized spacial score (nSPS) is 10.1. The van der Waals surface area contributed by atoms with E-state index in [2.05, 4.69) is 9.11 Å². The van der Waals surface area contributed by atoms with Crippen LogP contribution in [-0.4, -0.2) is 17.6 Å². The zero-order valence-electron chi connectivity index (χ0n) is 7.87. The monoisotopic (exact) mass is 234 g/mol. The van der Waals surface area contributed by atoms with Gasteiger partial charge in [0.05, 0.1) is 6.61 Å². The number of hydrogen-bond donors (Lipinski definition) is 0.